The van der Waals surface area contributed by atoms with Crippen LogP contribution in [0.4, 0.5) is 5.69 Å². The van der Waals surface area contributed by atoms with Crippen LogP contribution in [0.15, 0.2) is 12.3 Å². The van der Waals surface area contributed by atoms with Crippen LogP contribution >= 0.6 is 0 Å². The Labute approximate surface area is 117 Å². The van der Waals surface area contributed by atoms with E-state index < -0.39 is 4.92 Å². The van der Waals surface area contributed by atoms with Crippen LogP contribution in [0.2, 0.25) is 0 Å². The van der Waals surface area contributed by atoms with Crippen molar-refractivity contribution in [1.29, 1.82) is 0 Å². The maximum Gasteiger partial charge on any atom is 0.290 e. The average Bonchev–Trinajstić information content (AvgIpc) is 2.35. The maximum atomic E-state index is 10.7. The van der Waals surface area contributed by atoms with Gasteiger partial charge in [-0.3, -0.25) is 10.1 Å². The van der Waals surface area contributed by atoms with Crippen LogP contribution in [0, 0.1) is 17.0 Å². The summed E-state index contributed by atoms with van der Waals surface area (Å²) in [5.74, 6) is 0.375. The highest BCUT2D eigenvalue weighted by molar-refractivity contribution is 5.39. The third-order valence-electron chi connectivity index (χ3n) is 3.08. The van der Waals surface area contributed by atoms with Gasteiger partial charge in [0.2, 0.25) is 5.88 Å². The zero-order valence-electron chi connectivity index (χ0n) is 11.9. The summed E-state index contributed by atoms with van der Waals surface area (Å²) in [6, 6.07) is 1.57. The summed E-state index contributed by atoms with van der Waals surface area (Å²) >= 11 is 0. The fourth-order valence-electron chi connectivity index (χ4n) is 2.13. The molecule has 0 bridgehead atoms. The minimum Gasteiger partial charge on any atom is -0.475 e. The molecule has 0 aromatic carbocycles. The largest absolute Gasteiger partial charge is 0.475 e. The van der Waals surface area contributed by atoms with Gasteiger partial charge in [-0.2, -0.15) is 0 Å². The number of nitrogens with one attached hydrogen (secondary N) is 1. The van der Waals surface area contributed by atoms with Crippen molar-refractivity contribution in [2.24, 2.45) is 0 Å². The standard InChI is InChI=1S/C13H19N3O4/c1-9-4-12(15-6-11(9)16(17)18)19-7-10-5-14-8-13(2,3)20-10/h4,6,10,14H,5,7-8H2,1-3H3. The van der Waals surface area contributed by atoms with Gasteiger partial charge >= 0.3 is 0 Å². The zero-order valence-corrected chi connectivity index (χ0v) is 11.9. The molecule has 2 heterocycles. The molecule has 1 aromatic rings. The summed E-state index contributed by atoms with van der Waals surface area (Å²) in [6.45, 7) is 7.57. The fraction of sp³-hybridized carbons (Fsp3) is 0.615. The van der Waals surface area contributed by atoms with Crippen LogP contribution in [0.1, 0.15) is 19.4 Å². The second kappa shape index (κ2) is 5.72. The number of nitro groups is 1. The molecule has 0 spiro atoms. The van der Waals surface area contributed by atoms with Gasteiger partial charge in [-0.25, -0.2) is 4.98 Å². The Kier molecular flexibility index (Phi) is 4.20. The molecule has 7 nitrogen and oxygen atoms in total. The first-order chi connectivity index (χ1) is 9.37. The molecule has 1 aliphatic rings. The van der Waals surface area contributed by atoms with Crippen molar-refractivity contribution in [3.63, 3.8) is 0 Å². The number of rotatable bonds is 4. The third kappa shape index (κ3) is 3.64. The Hall–Kier alpha value is -1.73. The summed E-state index contributed by atoms with van der Waals surface area (Å²) in [5, 5.41) is 14.0. The average molecular weight is 281 g/mol. The van der Waals surface area contributed by atoms with Gasteiger partial charge in [-0.05, 0) is 20.8 Å². The molecule has 0 aliphatic carbocycles. The molecule has 110 valence electrons. The Morgan fingerprint density at radius 1 is 1.65 bits per heavy atom. The van der Waals surface area contributed by atoms with Crippen LogP contribution in [0.5, 0.6) is 5.88 Å². The van der Waals surface area contributed by atoms with E-state index in [0.29, 0.717) is 18.1 Å². The lowest BCUT2D eigenvalue weighted by molar-refractivity contribution is -0.385. The highest BCUT2D eigenvalue weighted by Crippen LogP contribution is 2.21. The quantitative estimate of drug-likeness (QED) is 0.664. The van der Waals surface area contributed by atoms with E-state index in [1.165, 1.54) is 6.20 Å². The second-order valence-corrected chi connectivity index (χ2v) is 5.51. The van der Waals surface area contributed by atoms with Gasteiger partial charge in [-0.1, -0.05) is 0 Å². The minimum atomic E-state index is -0.456. The Balaban J connectivity index is 1.94. The predicted molar refractivity (Wildman–Crippen MR) is 72.9 cm³/mol. The van der Waals surface area contributed by atoms with Crippen LogP contribution in [-0.2, 0) is 4.74 Å². The van der Waals surface area contributed by atoms with E-state index in [2.05, 4.69) is 10.3 Å². The Bertz CT molecular complexity index is 504. The molecule has 20 heavy (non-hydrogen) atoms. The van der Waals surface area contributed by atoms with Crippen molar-refractivity contribution in [1.82, 2.24) is 10.3 Å². The van der Waals surface area contributed by atoms with Crippen molar-refractivity contribution in [3.05, 3.63) is 27.9 Å². The monoisotopic (exact) mass is 281 g/mol. The number of hydrogen-bond donors (Lipinski definition) is 1. The first-order valence-electron chi connectivity index (χ1n) is 6.50. The van der Waals surface area contributed by atoms with Gasteiger partial charge in [0.1, 0.15) is 18.9 Å². The van der Waals surface area contributed by atoms with Crippen LogP contribution < -0.4 is 10.1 Å². The van der Waals surface area contributed by atoms with E-state index in [0.717, 1.165) is 13.1 Å². The first-order valence-corrected chi connectivity index (χ1v) is 6.50. The Morgan fingerprint density at radius 3 is 3.00 bits per heavy atom. The number of aryl methyl sites for hydroxylation is 1. The van der Waals surface area contributed by atoms with Gasteiger partial charge in [0.25, 0.3) is 5.69 Å². The van der Waals surface area contributed by atoms with Gasteiger partial charge < -0.3 is 14.8 Å². The summed E-state index contributed by atoms with van der Waals surface area (Å²) in [5.41, 5.74) is 0.308. The predicted octanol–water partition coefficient (Wildman–Crippen LogP) is 1.44. The van der Waals surface area contributed by atoms with Crippen molar-refractivity contribution in [3.8, 4) is 5.88 Å². The normalized spacial score (nSPS) is 21.4. The van der Waals surface area contributed by atoms with Gasteiger partial charge in [-0.15, -0.1) is 0 Å². The Morgan fingerprint density at radius 2 is 2.40 bits per heavy atom. The molecule has 1 fully saturated rings. The number of aromatic nitrogens is 1. The number of nitrogens with zero attached hydrogens (tertiary/aromatic N) is 2. The lowest BCUT2D eigenvalue weighted by Gasteiger charge is -2.36. The lowest BCUT2D eigenvalue weighted by Crippen LogP contribution is -2.52. The van der Waals surface area contributed by atoms with Crippen LogP contribution in [0.25, 0.3) is 0 Å². The molecule has 1 aliphatic heterocycles. The summed E-state index contributed by atoms with van der Waals surface area (Å²) in [4.78, 5) is 14.2. The molecule has 2 rings (SSSR count). The summed E-state index contributed by atoms with van der Waals surface area (Å²) < 4.78 is 11.4. The van der Waals surface area contributed by atoms with Crippen molar-refractivity contribution in [2.75, 3.05) is 19.7 Å². The zero-order chi connectivity index (χ0) is 14.8. The van der Waals surface area contributed by atoms with E-state index in [9.17, 15) is 10.1 Å². The van der Waals surface area contributed by atoms with E-state index in [1.807, 2.05) is 13.8 Å². The highest BCUT2D eigenvalue weighted by Gasteiger charge is 2.28. The molecule has 0 saturated carbocycles. The molecule has 1 unspecified atom stereocenters. The molecule has 1 N–H and O–H groups in total. The number of ether oxygens (including phenoxy) is 2. The highest BCUT2D eigenvalue weighted by atomic mass is 16.6. The van der Waals surface area contributed by atoms with Gasteiger partial charge in [0.05, 0.1) is 10.5 Å². The first kappa shape index (κ1) is 14.7. The van der Waals surface area contributed by atoms with E-state index in [-0.39, 0.29) is 17.4 Å². The van der Waals surface area contributed by atoms with E-state index in [1.54, 1.807) is 13.0 Å². The molecular weight excluding hydrogens is 262 g/mol. The number of morpholine rings is 1. The molecule has 7 heteroatoms. The van der Waals surface area contributed by atoms with Gasteiger partial charge in [0, 0.05) is 24.7 Å². The number of hydrogen-bond acceptors (Lipinski definition) is 6. The molecule has 1 aromatic heterocycles. The molecular formula is C13H19N3O4. The fourth-order valence-corrected chi connectivity index (χ4v) is 2.13. The summed E-state index contributed by atoms with van der Waals surface area (Å²) in [7, 11) is 0. The topological polar surface area (TPSA) is 86.5 Å². The van der Waals surface area contributed by atoms with Gasteiger partial charge in [0.15, 0.2) is 0 Å². The second-order valence-electron chi connectivity index (χ2n) is 5.51. The van der Waals surface area contributed by atoms with Crippen molar-refractivity contribution < 1.29 is 14.4 Å². The molecule has 0 amide bonds. The molecule has 1 atom stereocenters. The summed E-state index contributed by atoms with van der Waals surface area (Å²) in [6.07, 6.45) is 1.16. The molecule has 0 radical (unpaired) electrons. The maximum absolute atomic E-state index is 10.7. The van der Waals surface area contributed by atoms with Crippen molar-refractivity contribution in [2.45, 2.75) is 32.5 Å². The van der Waals surface area contributed by atoms with E-state index in [4.69, 9.17) is 9.47 Å². The third-order valence-corrected chi connectivity index (χ3v) is 3.08. The van der Waals surface area contributed by atoms with Crippen molar-refractivity contribution >= 4 is 5.69 Å². The van der Waals surface area contributed by atoms with Crippen LogP contribution in [0.3, 0.4) is 0 Å². The van der Waals surface area contributed by atoms with E-state index >= 15 is 0 Å². The van der Waals surface area contributed by atoms with Crippen LogP contribution in [-0.4, -0.2) is 41.3 Å². The lowest BCUT2D eigenvalue weighted by atomic mass is 10.1. The molecule has 1 saturated heterocycles. The SMILES string of the molecule is Cc1cc(OCC2CNCC(C)(C)O2)ncc1[N+](=O)[O-]. The number of pyridine rings is 1. The minimum absolute atomic E-state index is 0.00549. The smallest absolute Gasteiger partial charge is 0.290 e.